The lowest BCUT2D eigenvalue weighted by atomic mass is 9.79. The molecule has 3 saturated heterocycles. The van der Waals surface area contributed by atoms with Gasteiger partial charge in [-0.15, -0.1) is 11.3 Å². The molecular formula is C20H24N2O2S. The Morgan fingerprint density at radius 2 is 1.96 bits per heavy atom. The van der Waals surface area contributed by atoms with Gasteiger partial charge in [0.15, 0.2) is 0 Å². The van der Waals surface area contributed by atoms with Gasteiger partial charge in [0, 0.05) is 22.5 Å². The standard InChI is InChI=1S/C20H24N2O2S/c1-13-19(14-9-11-22(13)12-10-14)21-20(23)18-8-7-17(25-18)15-5-3-4-6-16(15)24-2/h3-8,13-14,19H,9-12H2,1-2H3,(H,21,23)/t13-,19-/m0/s1. The Hall–Kier alpha value is -1.85. The molecule has 0 spiro atoms. The highest BCUT2D eigenvalue weighted by molar-refractivity contribution is 7.17. The maximum absolute atomic E-state index is 12.8. The molecule has 0 saturated carbocycles. The number of benzene rings is 1. The monoisotopic (exact) mass is 356 g/mol. The Kier molecular flexibility index (Phi) is 4.52. The Labute approximate surface area is 152 Å². The first-order valence-electron chi connectivity index (χ1n) is 8.95. The molecule has 0 aliphatic carbocycles. The second-order valence-corrected chi connectivity index (χ2v) is 8.06. The predicted molar refractivity (Wildman–Crippen MR) is 101 cm³/mol. The second-order valence-electron chi connectivity index (χ2n) is 6.98. The van der Waals surface area contributed by atoms with Crippen molar-refractivity contribution < 1.29 is 9.53 Å². The number of fused-ring (bicyclic) bond motifs is 3. The summed E-state index contributed by atoms with van der Waals surface area (Å²) in [7, 11) is 1.68. The minimum absolute atomic E-state index is 0.0525. The molecule has 0 unspecified atom stereocenters. The molecule has 5 heteroatoms. The van der Waals surface area contributed by atoms with Gasteiger partial charge in [0.1, 0.15) is 5.75 Å². The molecule has 132 valence electrons. The van der Waals surface area contributed by atoms with Gasteiger partial charge in [-0.25, -0.2) is 0 Å². The van der Waals surface area contributed by atoms with E-state index >= 15 is 0 Å². The second kappa shape index (κ2) is 6.81. The third kappa shape index (κ3) is 3.07. The Morgan fingerprint density at radius 1 is 1.20 bits per heavy atom. The molecule has 2 atom stereocenters. The summed E-state index contributed by atoms with van der Waals surface area (Å²) in [5.41, 5.74) is 1.03. The number of ether oxygens (including phenoxy) is 1. The smallest absolute Gasteiger partial charge is 0.261 e. The first-order chi connectivity index (χ1) is 12.2. The van der Waals surface area contributed by atoms with Crippen LogP contribution in [0.3, 0.4) is 0 Å². The molecule has 3 aliphatic rings. The van der Waals surface area contributed by atoms with Crippen molar-refractivity contribution in [3.63, 3.8) is 0 Å². The van der Waals surface area contributed by atoms with Gasteiger partial charge in [0.2, 0.25) is 0 Å². The first-order valence-corrected chi connectivity index (χ1v) is 9.77. The van der Waals surface area contributed by atoms with E-state index in [-0.39, 0.29) is 11.9 Å². The quantitative estimate of drug-likeness (QED) is 0.909. The molecule has 3 fully saturated rings. The van der Waals surface area contributed by atoms with Crippen LogP contribution >= 0.6 is 11.3 Å². The normalized spacial score (nSPS) is 27.9. The number of methoxy groups -OCH3 is 1. The molecular weight excluding hydrogens is 332 g/mol. The minimum atomic E-state index is 0.0525. The third-order valence-electron chi connectivity index (χ3n) is 5.68. The molecule has 1 aromatic heterocycles. The van der Waals surface area contributed by atoms with E-state index in [9.17, 15) is 4.79 Å². The van der Waals surface area contributed by atoms with Gasteiger partial charge < -0.3 is 10.1 Å². The lowest BCUT2D eigenvalue weighted by molar-refractivity contribution is 0.0218. The molecule has 0 radical (unpaired) electrons. The van der Waals surface area contributed by atoms with Crippen LogP contribution in [-0.4, -0.2) is 43.1 Å². The average molecular weight is 356 g/mol. The van der Waals surface area contributed by atoms with Gasteiger partial charge in [0.25, 0.3) is 5.91 Å². The summed E-state index contributed by atoms with van der Waals surface area (Å²) in [5, 5.41) is 3.31. The molecule has 5 rings (SSSR count). The number of para-hydroxylation sites is 1. The lowest BCUT2D eigenvalue weighted by Crippen LogP contribution is -2.62. The maximum atomic E-state index is 12.8. The highest BCUT2D eigenvalue weighted by atomic mass is 32.1. The van der Waals surface area contributed by atoms with Crippen LogP contribution in [0.4, 0.5) is 0 Å². The van der Waals surface area contributed by atoms with Gasteiger partial charge in [-0.3, -0.25) is 9.69 Å². The number of hydrogen-bond acceptors (Lipinski definition) is 4. The van der Waals surface area contributed by atoms with Gasteiger partial charge >= 0.3 is 0 Å². The molecule has 4 heterocycles. The van der Waals surface area contributed by atoms with Crippen LogP contribution in [0.5, 0.6) is 5.75 Å². The summed E-state index contributed by atoms with van der Waals surface area (Å²) in [6, 6.07) is 12.6. The molecule has 2 aromatic rings. The number of rotatable bonds is 4. The summed E-state index contributed by atoms with van der Waals surface area (Å²) in [5.74, 6) is 1.51. The molecule has 1 aromatic carbocycles. The van der Waals surface area contributed by atoms with Crippen LogP contribution in [0.25, 0.3) is 10.4 Å². The summed E-state index contributed by atoms with van der Waals surface area (Å²) < 4.78 is 5.44. The van der Waals surface area contributed by atoms with Crippen molar-refractivity contribution in [3.8, 4) is 16.2 Å². The zero-order valence-corrected chi connectivity index (χ0v) is 15.5. The fourth-order valence-electron chi connectivity index (χ4n) is 4.22. The van der Waals surface area contributed by atoms with Crippen molar-refractivity contribution in [1.82, 2.24) is 10.2 Å². The predicted octanol–water partition coefficient (Wildman–Crippen LogP) is 3.64. The third-order valence-corrected chi connectivity index (χ3v) is 6.80. The zero-order valence-electron chi connectivity index (χ0n) is 14.7. The molecule has 3 aliphatic heterocycles. The Bertz CT molecular complexity index is 763. The summed E-state index contributed by atoms with van der Waals surface area (Å²) in [6.45, 7) is 4.59. The number of carbonyl (C=O) groups is 1. The molecule has 1 amide bonds. The fourth-order valence-corrected chi connectivity index (χ4v) is 5.16. The average Bonchev–Trinajstić information content (AvgIpc) is 3.15. The fraction of sp³-hybridized carbons (Fsp3) is 0.450. The topological polar surface area (TPSA) is 41.6 Å². The van der Waals surface area contributed by atoms with Gasteiger partial charge in [0.05, 0.1) is 12.0 Å². The summed E-state index contributed by atoms with van der Waals surface area (Å²) in [4.78, 5) is 17.1. The first kappa shape index (κ1) is 16.6. The van der Waals surface area contributed by atoms with Crippen LogP contribution in [0, 0.1) is 5.92 Å². The number of carbonyl (C=O) groups excluding carboxylic acids is 1. The van der Waals surface area contributed by atoms with Crippen molar-refractivity contribution in [2.45, 2.75) is 31.8 Å². The van der Waals surface area contributed by atoms with E-state index in [1.807, 2.05) is 36.4 Å². The molecule has 1 N–H and O–H groups in total. The summed E-state index contributed by atoms with van der Waals surface area (Å²) in [6.07, 6.45) is 2.40. The number of piperidine rings is 3. The Morgan fingerprint density at radius 3 is 2.68 bits per heavy atom. The van der Waals surface area contributed by atoms with Crippen molar-refractivity contribution >= 4 is 17.2 Å². The van der Waals surface area contributed by atoms with Gasteiger partial charge in [-0.1, -0.05) is 12.1 Å². The highest BCUT2D eigenvalue weighted by Crippen LogP contribution is 2.36. The number of nitrogens with zero attached hydrogens (tertiary/aromatic N) is 1. The maximum Gasteiger partial charge on any atom is 0.261 e. The zero-order chi connectivity index (χ0) is 17.4. The molecule has 4 nitrogen and oxygen atoms in total. The number of amides is 1. The number of nitrogens with one attached hydrogen (secondary N) is 1. The van der Waals surface area contributed by atoms with E-state index < -0.39 is 0 Å². The van der Waals surface area contributed by atoms with E-state index in [0.717, 1.165) is 21.1 Å². The van der Waals surface area contributed by atoms with E-state index in [4.69, 9.17) is 4.74 Å². The minimum Gasteiger partial charge on any atom is -0.496 e. The molecule has 25 heavy (non-hydrogen) atoms. The van der Waals surface area contributed by atoms with Crippen LogP contribution in [0.2, 0.25) is 0 Å². The van der Waals surface area contributed by atoms with Gasteiger partial charge in [-0.2, -0.15) is 0 Å². The van der Waals surface area contributed by atoms with Crippen molar-refractivity contribution in [2.75, 3.05) is 20.2 Å². The van der Waals surface area contributed by atoms with Crippen LogP contribution in [-0.2, 0) is 0 Å². The van der Waals surface area contributed by atoms with E-state index in [1.54, 1.807) is 7.11 Å². The highest BCUT2D eigenvalue weighted by Gasteiger charge is 2.40. The van der Waals surface area contributed by atoms with Crippen LogP contribution in [0.1, 0.15) is 29.4 Å². The van der Waals surface area contributed by atoms with Crippen LogP contribution in [0.15, 0.2) is 36.4 Å². The van der Waals surface area contributed by atoms with E-state index in [2.05, 4.69) is 17.1 Å². The number of thiophene rings is 1. The van der Waals surface area contributed by atoms with Gasteiger partial charge in [-0.05, 0) is 63.0 Å². The van der Waals surface area contributed by atoms with E-state index in [1.165, 1.54) is 37.3 Å². The van der Waals surface area contributed by atoms with E-state index in [0.29, 0.717) is 12.0 Å². The lowest BCUT2D eigenvalue weighted by Gasteiger charge is -2.49. The number of hydrogen-bond donors (Lipinski definition) is 1. The largest absolute Gasteiger partial charge is 0.496 e. The Balaban J connectivity index is 1.51. The van der Waals surface area contributed by atoms with Crippen molar-refractivity contribution in [1.29, 1.82) is 0 Å². The molecule has 2 bridgehead atoms. The van der Waals surface area contributed by atoms with Crippen molar-refractivity contribution in [2.24, 2.45) is 5.92 Å². The van der Waals surface area contributed by atoms with Crippen molar-refractivity contribution in [3.05, 3.63) is 41.3 Å². The SMILES string of the molecule is COc1ccccc1-c1ccc(C(=O)N[C@@H]2C3CCN(CC3)[C@H]2C)s1. The summed E-state index contributed by atoms with van der Waals surface area (Å²) >= 11 is 1.53. The van der Waals surface area contributed by atoms with Crippen LogP contribution < -0.4 is 10.1 Å².